The Morgan fingerprint density at radius 3 is 2.24 bits per heavy atom. The van der Waals surface area contributed by atoms with Gasteiger partial charge in [0, 0.05) is 0 Å². The SMILES string of the molecule is O=C(N[C@H](C(=O)O)C1CC(C2CC2)(C2CC2)C1)OCc1ccccc1. The van der Waals surface area contributed by atoms with E-state index in [4.69, 9.17) is 4.74 Å². The van der Waals surface area contributed by atoms with Crippen LogP contribution in [0.5, 0.6) is 0 Å². The molecule has 0 aliphatic heterocycles. The number of hydrogen-bond acceptors (Lipinski definition) is 3. The van der Waals surface area contributed by atoms with Crippen LogP contribution in [0.2, 0.25) is 0 Å². The molecule has 5 heteroatoms. The summed E-state index contributed by atoms with van der Waals surface area (Å²) in [4.78, 5) is 23.7. The van der Waals surface area contributed by atoms with Gasteiger partial charge in [-0.15, -0.1) is 0 Å². The first-order valence-electron chi connectivity index (χ1n) is 9.28. The van der Waals surface area contributed by atoms with Crippen molar-refractivity contribution in [1.29, 1.82) is 0 Å². The fraction of sp³-hybridized carbons (Fsp3) is 0.600. The third-order valence-corrected chi connectivity index (χ3v) is 6.29. The molecule has 3 saturated carbocycles. The van der Waals surface area contributed by atoms with Gasteiger partial charge in [-0.3, -0.25) is 0 Å². The minimum Gasteiger partial charge on any atom is -0.480 e. The Morgan fingerprint density at radius 2 is 1.72 bits per heavy atom. The maximum Gasteiger partial charge on any atom is 0.408 e. The van der Waals surface area contributed by atoms with E-state index in [9.17, 15) is 14.7 Å². The number of alkyl carbamates (subject to hydrolysis) is 1. The van der Waals surface area contributed by atoms with Crippen LogP contribution in [0.1, 0.15) is 44.1 Å². The molecular weight excluding hydrogens is 318 g/mol. The molecule has 5 nitrogen and oxygen atoms in total. The number of carbonyl (C=O) groups is 2. The molecule has 0 bridgehead atoms. The molecule has 0 saturated heterocycles. The first-order valence-corrected chi connectivity index (χ1v) is 9.28. The molecule has 0 heterocycles. The maximum absolute atomic E-state index is 12.0. The van der Waals surface area contributed by atoms with Gasteiger partial charge in [0.25, 0.3) is 0 Å². The van der Waals surface area contributed by atoms with Crippen molar-refractivity contribution in [2.75, 3.05) is 0 Å². The zero-order chi connectivity index (χ0) is 17.4. The van der Waals surface area contributed by atoms with Crippen LogP contribution in [0.4, 0.5) is 4.79 Å². The van der Waals surface area contributed by atoms with Crippen molar-refractivity contribution in [3.8, 4) is 0 Å². The number of carboxylic acids is 1. The van der Waals surface area contributed by atoms with Crippen LogP contribution < -0.4 is 5.32 Å². The number of aliphatic carboxylic acids is 1. The Bertz CT molecular complexity index is 631. The lowest BCUT2D eigenvalue weighted by atomic mass is 9.54. The number of carbonyl (C=O) groups excluding carboxylic acids is 1. The number of benzene rings is 1. The second-order valence-electron chi connectivity index (χ2n) is 7.97. The zero-order valence-electron chi connectivity index (χ0n) is 14.3. The summed E-state index contributed by atoms with van der Waals surface area (Å²) in [7, 11) is 0. The molecule has 3 fully saturated rings. The van der Waals surface area contributed by atoms with Crippen LogP contribution in [0.15, 0.2) is 30.3 Å². The van der Waals surface area contributed by atoms with Gasteiger partial charge >= 0.3 is 12.1 Å². The van der Waals surface area contributed by atoms with Crippen molar-refractivity contribution in [3.63, 3.8) is 0 Å². The molecule has 0 radical (unpaired) electrons. The van der Waals surface area contributed by atoms with E-state index in [0.717, 1.165) is 30.2 Å². The largest absolute Gasteiger partial charge is 0.480 e. The standard InChI is InChI=1S/C20H25NO4/c22-18(23)17(21-19(24)25-12-13-4-2-1-3-5-13)14-10-20(11-14,15-6-7-15)16-8-9-16/h1-5,14-17H,6-12H2,(H,21,24)(H,22,23)/t17-/m0/s1. The fourth-order valence-corrected chi connectivity index (χ4v) is 4.74. The number of nitrogens with one attached hydrogen (secondary N) is 1. The average Bonchev–Trinajstić information content (AvgIpc) is 3.45. The van der Waals surface area contributed by atoms with Crippen molar-refractivity contribution in [1.82, 2.24) is 5.32 Å². The van der Waals surface area contributed by atoms with E-state index in [2.05, 4.69) is 5.32 Å². The summed E-state index contributed by atoms with van der Waals surface area (Å²) in [5.41, 5.74) is 1.27. The minimum absolute atomic E-state index is 0.0305. The second-order valence-corrected chi connectivity index (χ2v) is 7.97. The van der Waals surface area contributed by atoms with Crippen molar-refractivity contribution < 1.29 is 19.4 Å². The van der Waals surface area contributed by atoms with Crippen LogP contribution in [-0.2, 0) is 16.1 Å². The Labute approximate surface area is 147 Å². The van der Waals surface area contributed by atoms with Crippen molar-refractivity contribution >= 4 is 12.1 Å². The number of amides is 1. The Morgan fingerprint density at radius 1 is 1.12 bits per heavy atom. The van der Waals surface area contributed by atoms with Crippen molar-refractivity contribution in [2.24, 2.45) is 23.2 Å². The summed E-state index contributed by atoms with van der Waals surface area (Å²) < 4.78 is 5.19. The van der Waals surface area contributed by atoms with E-state index in [0.29, 0.717) is 5.41 Å². The predicted octanol–water partition coefficient (Wildman–Crippen LogP) is 3.58. The summed E-state index contributed by atoms with van der Waals surface area (Å²) in [6.45, 7) is 0.151. The van der Waals surface area contributed by atoms with Crippen molar-refractivity contribution in [3.05, 3.63) is 35.9 Å². The molecule has 0 aromatic heterocycles. The van der Waals surface area contributed by atoms with Crippen LogP contribution in [-0.4, -0.2) is 23.2 Å². The third kappa shape index (κ3) is 3.37. The van der Waals surface area contributed by atoms with Gasteiger partial charge in [-0.1, -0.05) is 30.3 Å². The number of rotatable bonds is 7. The second kappa shape index (κ2) is 6.36. The molecule has 0 unspecified atom stereocenters. The first-order chi connectivity index (χ1) is 12.1. The molecular formula is C20H25NO4. The Kier molecular flexibility index (Phi) is 4.18. The summed E-state index contributed by atoms with van der Waals surface area (Å²) >= 11 is 0. The number of ether oxygens (including phenoxy) is 1. The van der Waals surface area contributed by atoms with Crippen molar-refractivity contribution in [2.45, 2.75) is 51.2 Å². The highest BCUT2D eigenvalue weighted by atomic mass is 16.5. The summed E-state index contributed by atoms with van der Waals surface area (Å²) in [5.74, 6) is 0.677. The number of carboxylic acid groups (broad SMARTS) is 1. The molecule has 4 rings (SSSR count). The minimum atomic E-state index is -0.957. The molecule has 134 valence electrons. The summed E-state index contributed by atoms with van der Waals surface area (Å²) in [6.07, 6.45) is 6.44. The van der Waals surface area contributed by atoms with Gasteiger partial charge in [0.2, 0.25) is 0 Å². The molecule has 3 aliphatic carbocycles. The summed E-state index contributed by atoms with van der Waals surface area (Å²) in [6, 6.07) is 8.54. The molecule has 1 atom stereocenters. The van der Waals surface area contributed by atoms with E-state index in [1.54, 1.807) is 0 Å². The van der Waals surface area contributed by atoms with E-state index in [1.165, 1.54) is 25.7 Å². The van der Waals surface area contributed by atoms with E-state index < -0.39 is 18.1 Å². The van der Waals surface area contributed by atoms with Gasteiger partial charge in [0.1, 0.15) is 12.6 Å². The average molecular weight is 343 g/mol. The van der Waals surface area contributed by atoms with E-state index in [1.807, 2.05) is 30.3 Å². The van der Waals surface area contributed by atoms with Crippen LogP contribution in [0.25, 0.3) is 0 Å². The molecule has 2 N–H and O–H groups in total. The van der Waals surface area contributed by atoms with Gasteiger partial charge in [-0.25, -0.2) is 9.59 Å². The quantitative estimate of drug-likeness (QED) is 0.793. The van der Waals surface area contributed by atoms with Gasteiger partial charge in [0.15, 0.2) is 0 Å². The summed E-state index contributed by atoms with van der Waals surface area (Å²) in [5, 5.41) is 12.1. The van der Waals surface area contributed by atoms with Gasteiger partial charge in [0.05, 0.1) is 0 Å². The zero-order valence-corrected chi connectivity index (χ0v) is 14.3. The lowest BCUT2D eigenvalue weighted by molar-refractivity contribution is -0.144. The Hall–Kier alpha value is -2.04. The predicted molar refractivity (Wildman–Crippen MR) is 91.8 cm³/mol. The Balaban J connectivity index is 1.31. The van der Waals surface area contributed by atoms with E-state index in [-0.39, 0.29) is 12.5 Å². The van der Waals surface area contributed by atoms with Gasteiger partial charge in [-0.05, 0) is 67.3 Å². The highest BCUT2D eigenvalue weighted by molar-refractivity contribution is 5.80. The van der Waals surface area contributed by atoms with Gasteiger partial charge in [-0.2, -0.15) is 0 Å². The lowest BCUT2D eigenvalue weighted by Crippen LogP contribution is -2.54. The molecule has 3 aliphatic rings. The normalized spacial score (nSPS) is 23.4. The fourth-order valence-electron chi connectivity index (χ4n) is 4.74. The maximum atomic E-state index is 12.0. The highest BCUT2D eigenvalue weighted by Gasteiger charge is 2.62. The first kappa shape index (κ1) is 16.4. The lowest BCUT2D eigenvalue weighted by Gasteiger charge is -2.51. The molecule has 1 aromatic carbocycles. The molecule has 25 heavy (non-hydrogen) atoms. The monoisotopic (exact) mass is 343 g/mol. The highest BCUT2D eigenvalue weighted by Crippen LogP contribution is 2.69. The van der Waals surface area contributed by atoms with Gasteiger partial charge < -0.3 is 15.2 Å². The van der Waals surface area contributed by atoms with E-state index >= 15 is 0 Å². The molecule has 1 aromatic rings. The van der Waals surface area contributed by atoms with Crippen LogP contribution in [0.3, 0.4) is 0 Å². The smallest absolute Gasteiger partial charge is 0.408 e. The number of hydrogen-bond donors (Lipinski definition) is 2. The third-order valence-electron chi connectivity index (χ3n) is 6.29. The molecule has 0 spiro atoms. The van der Waals surface area contributed by atoms with Crippen LogP contribution in [0, 0.1) is 23.2 Å². The topological polar surface area (TPSA) is 75.6 Å². The van der Waals surface area contributed by atoms with Crippen LogP contribution >= 0.6 is 0 Å². The molecule has 1 amide bonds.